The Labute approximate surface area is 133 Å². The fourth-order valence-corrected chi connectivity index (χ4v) is 2.80. The monoisotopic (exact) mass is 320 g/mol. The third kappa shape index (κ3) is 4.54. The quantitative estimate of drug-likeness (QED) is 0.760. The van der Waals surface area contributed by atoms with Gasteiger partial charge in [0.2, 0.25) is 5.91 Å². The fraction of sp³-hybridized carbons (Fsp3) is 0.375. The average molecular weight is 320 g/mol. The molecule has 5 nitrogen and oxygen atoms in total. The Balaban J connectivity index is 1.78. The zero-order valence-electron chi connectivity index (χ0n) is 12.7. The Hall–Kier alpha value is -1.92. The van der Waals surface area contributed by atoms with Crippen molar-refractivity contribution in [1.29, 1.82) is 0 Å². The highest BCUT2D eigenvalue weighted by Crippen LogP contribution is 2.17. The Kier molecular flexibility index (Phi) is 5.91. The molecule has 0 spiro atoms. The second kappa shape index (κ2) is 7.91. The van der Waals surface area contributed by atoms with Crippen LogP contribution in [0.15, 0.2) is 40.3 Å². The van der Waals surface area contributed by atoms with Crippen LogP contribution in [0.4, 0.5) is 0 Å². The molecule has 2 rings (SSSR count). The van der Waals surface area contributed by atoms with Gasteiger partial charge < -0.3 is 9.73 Å². The van der Waals surface area contributed by atoms with Crippen LogP contribution >= 0.6 is 11.3 Å². The molecule has 2 heterocycles. The van der Waals surface area contributed by atoms with Crippen molar-refractivity contribution in [3.05, 3.63) is 46.5 Å². The number of furan rings is 1. The Morgan fingerprint density at radius 1 is 1.27 bits per heavy atom. The van der Waals surface area contributed by atoms with Crippen LogP contribution in [0.1, 0.15) is 34.3 Å². The molecule has 6 heteroatoms. The van der Waals surface area contributed by atoms with E-state index in [0.29, 0.717) is 11.4 Å². The second-order valence-corrected chi connectivity index (χ2v) is 6.15. The number of ketones is 1. The molecule has 22 heavy (non-hydrogen) atoms. The molecule has 118 valence electrons. The molecule has 0 aliphatic heterocycles. The van der Waals surface area contributed by atoms with Gasteiger partial charge in [0.15, 0.2) is 5.78 Å². The first kappa shape index (κ1) is 16.5. The lowest BCUT2D eigenvalue weighted by Crippen LogP contribution is -2.34. The maximum absolute atomic E-state index is 11.9. The molecule has 0 aromatic carbocycles. The van der Waals surface area contributed by atoms with Gasteiger partial charge in [0.1, 0.15) is 5.76 Å². The van der Waals surface area contributed by atoms with Crippen molar-refractivity contribution in [1.82, 2.24) is 10.2 Å². The molecular formula is C16H20N2O3S. The van der Waals surface area contributed by atoms with Crippen molar-refractivity contribution in [3.63, 3.8) is 0 Å². The van der Waals surface area contributed by atoms with Gasteiger partial charge in [-0.15, -0.1) is 11.3 Å². The molecule has 0 saturated carbocycles. The van der Waals surface area contributed by atoms with Gasteiger partial charge in [-0.05, 0) is 37.7 Å². The van der Waals surface area contributed by atoms with Gasteiger partial charge in [-0.2, -0.15) is 0 Å². The first-order valence-electron chi connectivity index (χ1n) is 7.11. The summed E-state index contributed by atoms with van der Waals surface area (Å²) in [5.41, 5.74) is 0. The molecule has 0 aliphatic carbocycles. The highest BCUT2D eigenvalue weighted by Gasteiger charge is 2.18. The number of carbonyl (C=O) groups excluding carboxylic acids is 2. The van der Waals surface area contributed by atoms with Gasteiger partial charge in [-0.3, -0.25) is 14.5 Å². The summed E-state index contributed by atoms with van der Waals surface area (Å²) in [7, 11) is 3.86. The molecule has 2 aromatic rings. The molecule has 0 aliphatic rings. The maximum atomic E-state index is 11.9. The van der Waals surface area contributed by atoms with Crippen molar-refractivity contribution in [2.24, 2.45) is 0 Å². The van der Waals surface area contributed by atoms with E-state index in [1.165, 1.54) is 11.3 Å². The largest absolute Gasteiger partial charge is 0.468 e. The predicted octanol–water partition coefficient (Wildman–Crippen LogP) is 2.72. The third-order valence-electron chi connectivity index (χ3n) is 3.36. The topological polar surface area (TPSA) is 62.6 Å². The number of hydrogen-bond donors (Lipinski definition) is 1. The number of Topliss-reactive ketones (excluding diaryl/α,β-unsaturated/α-hetero) is 1. The lowest BCUT2D eigenvalue weighted by Gasteiger charge is -2.22. The number of carbonyl (C=O) groups is 2. The summed E-state index contributed by atoms with van der Waals surface area (Å²) < 4.78 is 5.39. The Morgan fingerprint density at radius 3 is 2.68 bits per heavy atom. The number of hydrogen-bond acceptors (Lipinski definition) is 5. The highest BCUT2D eigenvalue weighted by molar-refractivity contribution is 7.12. The smallest absolute Gasteiger partial charge is 0.220 e. The number of likely N-dealkylation sites (N-methyl/N-ethyl adjacent to an activating group) is 1. The van der Waals surface area contributed by atoms with Crippen molar-refractivity contribution >= 4 is 23.0 Å². The van der Waals surface area contributed by atoms with Gasteiger partial charge in [-0.1, -0.05) is 6.07 Å². The van der Waals surface area contributed by atoms with E-state index in [2.05, 4.69) is 5.32 Å². The number of rotatable bonds is 8. The first-order valence-corrected chi connectivity index (χ1v) is 7.99. The minimum atomic E-state index is -0.122. The molecule has 1 amide bonds. The first-order chi connectivity index (χ1) is 10.6. The second-order valence-electron chi connectivity index (χ2n) is 5.20. The summed E-state index contributed by atoms with van der Waals surface area (Å²) in [4.78, 5) is 26.4. The van der Waals surface area contributed by atoms with E-state index in [0.717, 1.165) is 5.76 Å². The number of nitrogens with one attached hydrogen (secondary N) is 1. The summed E-state index contributed by atoms with van der Waals surface area (Å²) >= 11 is 1.40. The minimum absolute atomic E-state index is 0.0142. The normalized spacial score (nSPS) is 12.3. The predicted molar refractivity (Wildman–Crippen MR) is 86.0 cm³/mol. The van der Waals surface area contributed by atoms with Crippen LogP contribution in [-0.2, 0) is 4.79 Å². The van der Waals surface area contributed by atoms with Gasteiger partial charge >= 0.3 is 0 Å². The standard InChI is InChI=1S/C16H20N2O3S/c1-18(2)12(14-5-3-9-21-14)11-17-16(20)8-7-13(19)15-6-4-10-22-15/h3-6,9-10,12H,7-8,11H2,1-2H3,(H,17,20). The maximum Gasteiger partial charge on any atom is 0.220 e. The van der Waals surface area contributed by atoms with Crippen molar-refractivity contribution in [2.75, 3.05) is 20.6 Å². The van der Waals surface area contributed by atoms with E-state index in [1.807, 2.05) is 42.6 Å². The van der Waals surface area contributed by atoms with Crippen molar-refractivity contribution < 1.29 is 14.0 Å². The highest BCUT2D eigenvalue weighted by atomic mass is 32.1. The molecule has 0 bridgehead atoms. The molecule has 2 aromatic heterocycles. The summed E-state index contributed by atoms with van der Waals surface area (Å²) in [5, 5.41) is 4.72. The van der Waals surface area contributed by atoms with Crippen LogP contribution in [-0.4, -0.2) is 37.2 Å². The van der Waals surface area contributed by atoms with Crippen LogP contribution in [0, 0.1) is 0 Å². The SMILES string of the molecule is CN(C)C(CNC(=O)CCC(=O)c1cccs1)c1ccco1. The zero-order valence-corrected chi connectivity index (χ0v) is 13.6. The molecule has 0 fully saturated rings. The number of amides is 1. The third-order valence-corrected chi connectivity index (χ3v) is 4.27. The van der Waals surface area contributed by atoms with Crippen molar-refractivity contribution in [3.8, 4) is 0 Å². The molecule has 0 saturated heterocycles. The van der Waals surface area contributed by atoms with Gasteiger partial charge in [0, 0.05) is 19.4 Å². The Bertz CT molecular complexity index is 591. The zero-order chi connectivity index (χ0) is 15.9. The Morgan fingerprint density at radius 2 is 2.09 bits per heavy atom. The number of thiophene rings is 1. The van der Waals surface area contributed by atoms with Gasteiger partial charge in [0.25, 0.3) is 0 Å². The van der Waals surface area contributed by atoms with E-state index in [9.17, 15) is 9.59 Å². The van der Waals surface area contributed by atoms with E-state index in [-0.39, 0.29) is 30.6 Å². The van der Waals surface area contributed by atoms with Crippen LogP contribution in [0.2, 0.25) is 0 Å². The summed E-state index contributed by atoms with van der Waals surface area (Å²) in [6.07, 6.45) is 2.06. The number of nitrogens with zero attached hydrogens (tertiary/aromatic N) is 1. The van der Waals surface area contributed by atoms with Gasteiger partial charge in [0.05, 0.1) is 17.2 Å². The molecule has 0 radical (unpaired) electrons. The van der Waals surface area contributed by atoms with Crippen LogP contribution in [0.5, 0.6) is 0 Å². The van der Waals surface area contributed by atoms with E-state index in [4.69, 9.17) is 4.42 Å². The summed E-state index contributed by atoms with van der Waals surface area (Å²) in [6.45, 7) is 0.451. The van der Waals surface area contributed by atoms with E-state index >= 15 is 0 Å². The lowest BCUT2D eigenvalue weighted by molar-refractivity contribution is -0.121. The van der Waals surface area contributed by atoms with E-state index < -0.39 is 0 Å². The molecule has 1 N–H and O–H groups in total. The molecular weight excluding hydrogens is 300 g/mol. The van der Waals surface area contributed by atoms with Gasteiger partial charge in [-0.25, -0.2) is 0 Å². The summed E-state index contributed by atoms with van der Waals surface area (Å²) in [6, 6.07) is 7.31. The summed E-state index contributed by atoms with van der Waals surface area (Å²) in [5.74, 6) is 0.698. The fourth-order valence-electron chi connectivity index (χ4n) is 2.10. The minimum Gasteiger partial charge on any atom is -0.468 e. The average Bonchev–Trinajstić information content (AvgIpc) is 3.17. The molecule has 1 unspecified atom stereocenters. The van der Waals surface area contributed by atoms with E-state index in [1.54, 1.807) is 12.3 Å². The van der Waals surface area contributed by atoms with Crippen LogP contribution in [0.3, 0.4) is 0 Å². The van der Waals surface area contributed by atoms with Crippen LogP contribution < -0.4 is 5.32 Å². The lowest BCUT2D eigenvalue weighted by atomic mass is 10.1. The van der Waals surface area contributed by atoms with Crippen LogP contribution in [0.25, 0.3) is 0 Å². The molecule has 1 atom stereocenters. The van der Waals surface area contributed by atoms with Crippen molar-refractivity contribution in [2.45, 2.75) is 18.9 Å².